The van der Waals surface area contributed by atoms with Gasteiger partial charge in [-0.25, -0.2) is 9.67 Å². The van der Waals surface area contributed by atoms with Gasteiger partial charge in [-0.3, -0.25) is 9.00 Å². The highest BCUT2D eigenvalue weighted by molar-refractivity contribution is 7.84. The molecule has 102 valence electrons. The van der Waals surface area contributed by atoms with Crippen molar-refractivity contribution in [1.29, 1.82) is 0 Å². The van der Waals surface area contributed by atoms with Gasteiger partial charge >= 0.3 is 5.97 Å². The maximum atomic E-state index is 11.9. The van der Waals surface area contributed by atoms with Crippen LogP contribution in [-0.2, 0) is 26.1 Å². The summed E-state index contributed by atoms with van der Waals surface area (Å²) in [5.41, 5.74) is 0. The van der Waals surface area contributed by atoms with Crippen LogP contribution >= 0.6 is 0 Å². The normalized spacial score (nSPS) is 14.5. The maximum Gasteiger partial charge on any atom is 0.309 e. The Balaban J connectivity index is 2.60. The molecular formula is C11H19N3O3S. The summed E-state index contributed by atoms with van der Waals surface area (Å²) in [6, 6.07) is 0.178. The van der Waals surface area contributed by atoms with Crippen LogP contribution in [0.4, 0.5) is 0 Å². The third-order valence-corrected chi connectivity index (χ3v) is 3.92. The Labute approximate surface area is 109 Å². The maximum absolute atomic E-state index is 11.9. The monoisotopic (exact) mass is 273 g/mol. The fourth-order valence-corrected chi connectivity index (χ4v) is 2.87. The second-order valence-corrected chi connectivity index (χ2v) is 5.89. The van der Waals surface area contributed by atoms with Gasteiger partial charge in [-0.2, -0.15) is 5.10 Å². The molecule has 0 amide bonds. The molecule has 18 heavy (non-hydrogen) atoms. The molecule has 0 radical (unpaired) electrons. The summed E-state index contributed by atoms with van der Waals surface area (Å²) in [6.45, 7) is 5.67. The molecule has 7 heteroatoms. The van der Waals surface area contributed by atoms with Gasteiger partial charge in [0.05, 0.1) is 18.8 Å². The molecule has 1 rings (SSSR count). The fourth-order valence-electron chi connectivity index (χ4n) is 1.56. The second kappa shape index (κ2) is 6.63. The number of aromatic nitrogens is 3. The van der Waals surface area contributed by atoms with E-state index in [0.717, 1.165) is 0 Å². The molecule has 2 atom stereocenters. The van der Waals surface area contributed by atoms with Crippen molar-refractivity contribution < 1.29 is 13.7 Å². The number of hydrogen-bond acceptors (Lipinski definition) is 5. The molecule has 0 aromatic carbocycles. The topological polar surface area (TPSA) is 74.1 Å². The van der Waals surface area contributed by atoms with Crippen molar-refractivity contribution in [3.63, 3.8) is 0 Å². The van der Waals surface area contributed by atoms with Gasteiger partial charge in [-0.05, 0) is 13.8 Å². The van der Waals surface area contributed by atoms with Gasteiger partial charge in [0, 0.05) is 22.6 Å². The Morgan fingerprint density at radius 2 is 2.17 bits per heavy atom. The molecule has 6 nitrogen and oxygen atoms in total. The molecule has 0 aliphatic heterocycles. The van der Waals surface area contributed by atoms with Crippen LogP contribution in [0.5, 0.6) is 0 Å². The standard InChI is InChI=1S/C11H19N3O3S/c1-8(2)14-10(12-7-13-14)6-18(16)5-9(3)11(15)17-4/h7-9H,5-6H2,1-4H3. The lowest BCUT2D eigenvalue weighted by molar-refractivity contribution is -0.144. The Morgan fingerprint density at radius 3 is 2.72 bits per heavy atom. The van der Waals surface area contributed by atoms with E-state index in [4.69, 9.17) is 0 Å². The van der Waals surface area contributed by atoms with E-state index in [1.165, 1.54) is 13.4 Å². The highest BCUT2D eigenvalue weighted by Crippen LogP contribution is 2.09. The zero-order valence-corrected chi connectivity index (χ0v) is 11.9. The van der Waals surface area contributed by atoms with Gasteiger partial charge in [-0.15, -0.1) is 0 Å². The SMILES string of the molecule is COC(=O)C(C)CS(=O)Cc1ncnn1C(C)C. The lowest BCUT2D eigenvalue weighted by atomic mass is 10.2. The van der Waals surface area contributed by atoms with Crippen molar-refractivity contribution in [3.8, 4) is 0 Å². The Morgan fingerprint density at radius 1 is 1.50 bits per heavy atom. The number of methoxy groups -OCH3 is 1. The minimum absolute atomic E-state index is 0.178. The fraction of sp³-hybridized carbons (Fsp3) is 0.727. The largest absolute Gasteiger partial charge is 0.469 e. The minimum atomic E-state index is -1.15. The summed E-state index contributed by atoms with van der Waals surface area (Å²) in [5, 5.41) is 4.08. The summed E-state index contributed by atoms with van der Waals surface area (Å²) in [6.07, 6.45) is 1.45. The third kappa shape index (κ3) is 3.90. The van der Waals surface area contributed by atoms with Crippen LogP contribution in [0.3, 0.4) is 0 Å². The Hall–Kier alpha value is -1.24. The first-order chi connectivity index (χ1) is 8.45. The van der Waals surface area contributed by atoms with Gasteiger partial charge in [0.2, 0.25) is 0 Å². The van der Waals surface area contributed by atoms with Crippen molar-refractivity contribution in [3.05, 3.63) is 12.2 Å². The molecule has 0 N–H and O–H groups in total. The molecule has 0 saturated carbocycles. The summed E-state index contributed by atoms with van der Waals surface area (Å²) in [5.74, 6) is 0.553. The van der Waals surface area contributed by atoms with Gasteiger partial charge < -0.3 is 4.74 Å². The predicted molar refractivity (Wildman–Crippen MR) is 68.3 cm³/mol. The van der Waals surface area contributed by atoms with Crippen LogP contribution in [0.15, 0.2) is 6.33 Å². The number of hydrogen-bond donors (Lipinski definition) is 0. The van der Waals surface area contributed by atoms with Crippen LogP contribution in [0.2, 0.25) is 0 Å². The first-order valence-electron chi connectivity index (χ1n) is 5.76. The molecule has 0 bridgehead atoms. The summed E-state index contributed by atoms with van der Waals surface area (Å²) >= 11 is 0. The molecule has 1 heterocycles. The molecule has 2 unspecified atom stereocenters. The predicted octanol–water partition coefficient (Wildman–Crippen LogP) is 0.917. The Kier molecular flexibility index (Phi) is 5.46. The third-order valence-electron chi connectivity index (χ3n) is 2.47. The number of carbonyl (C=O) groups is 1. The first-order valence-corrected chi connectivity index (χ1v) is 7.25. The van der Waals surface area contributed by atoms with Crippen LogP contribution in [0.1, 0.15) is 32.6 Å². The van der Waals surface area contributed by atoms with Gasteiger partial charge in [0.25, 0.3) is 0 Å². The molecule has 0 aliphatic carbocycles. The lowest BCUT2D eigenvalue weighted by Gasteiger charge is -2.11. The molecule has 0 aliphatic rings. The molecule has 1 aromatic rings. The summed E-state index contributed by atoms with van der Waals surface area (Å²) in [7, 11) is 0.178. The minimum Gasteiger partial charge on any atom is -0.469 e. The van der Waals surface area contributed by atoms with Crippen LogP contribution < -0.4 is 0 Å². The molecule has 0 saturated heterocycles. The van der Waals surface area contributed by atoms with Crippen LogP contribution in [0.25, 0.3) is 0 Å². The van der Waals surface area contributed by atoms with E-state index in [2.05, 4.69) is 14.8 Å². The zero-order chi connectivity index (χ0) is 13.7. The van der Waals surface area contributed by atoms with Crippen molar-refractivity contribution in [2.45, 2.75) is 32.6 Å². The highest BCUT2D eigenvalue weighted by Gasteiger charge is 2.18. The Bertz CT molecular complexity index is 431. The average molecular weight is 273 g/mol. The number of rotatable bonds is 6. The number of carbonyl (C=O) groups excluding carboxylic acids is 1. The lowest BCUT2D eigenvalue weighted by Crippen LogP contribution is -2.21. The number of nitrogens with zero attached hydrogens (tertiary/aromatic N) is 3. The van der Waals surface area contributed by atoms with Crippen molar-refractivity contribution >= 4 is 16.8 Å². The number of esters is 1. The van der Waals surface area contributed by atoms with Crippen molar-refractivity contribution in [2.75, 3.05) is 12.9 Å². The van der Waals surface area contributed by atoms with E-state index in [1.54, 1.807) is 11.6 Å². The molecular weight excluding hydrogens is 254 g/mol. The van der Waals surface area contributed by atoms with Crippen molar-refractivity contribution in [1.82, 2.24) is 14.8 Å². The summed E-state index contributed by atoms with van der Waals surface area (Å²) in [4.78, 5) is 15.3. The van der Waals surface area contributed by atoms with E-state index in [9.17, 15) is 9.00 Å². The van der Waals surface area contributed by atoms with E-state index in [-0.39, 0.29) is 23.7 Å². The van der Waals surface area contributed by atoms with Crippen LogP contribution in [-0.4, -0.2) is 37.8 Å². The van der Waals surface area contributed by atoms with Crippen LogP contribution in [0, 0.1) is 5.92 Å². The summed E-state index contributed by atoms with van der Waals surface area (Å²) < 4.78 is 18.3. The average Bonchev–Trinajstić information content (AvgIpc) is 2.75. The molecule has 0 spiro atoms. The van der Waals surface area contributed by atoms with E-state index < -0.39 is 10.8 Å². The zero-order valence-electron chi connectivity index (χ0n) is 11.1. The van der Waals surface area contributed by atoms with Crippen molar-refractivity contribution in [2.24, 2.45) is 5.92 Å². The van der Waals surface area contributed by atoms with Gasteiger partial charge in [0.15, 0.2) is 0 Å². The second-order valence-electron chi connectivity index (χ2n) is 4.39. The molecule has 0 fully saturated rings. The highest BCUT2D eigenvalue weighted by atomic mass is 32.2. The first kappa shape index (κ1) is 14.8. The number of ether oxygens (including phenoxy) is 1. The molecule has 1 aromatic heterocycles. The van der Waals surface area contributed by atoms with E-state index in [0.29, 0.717) is 11.6 Å². The van der Waals surface area contributed by atoms with E-state index in [1.807, 2.05) is 13.8 Å². The van der Waals surface area contributed by atoms with Gasteiger partial charge in [0.1, 0.15) is 12.2 Å². The van der Waals surface area contributed by atoms with Gasteiger partial charge in [-0.1, -0.05) is 6.92 Å². The smallest absolute Gasteiger partial charge is 0.309 e. The van der Waals surface area contributed by atoms with E-state index >= 15 is 0 Å². The quantitative estimate of drug-likeness (QED) is 0.720.